The van der Waals surface area contributed by atoms with Crippen LogP contribution >= 0.6 is 0 Å². The standard InChI is InChI=1S/C21H26N2O6/c1-5-9-28-19-12-16(17(23(25)26)13-20(19)29-10-6-2)22-21(24)15-11-14(3)7-8-18(15)27-4/h7-8,11-13H,5-6,9-10H2,1-4H3,(H,22,24). The van der Waals surface area contributed by atoms with Crippen LogP contribution in [0.25, 0.3) is 0 Å². The zero-order chi connectivity index (χ0) is 21.4. The molecule has 8 heteroatoms. The van der Waals surface area contributed by atoms with Gasteiger partial charge in [0.15, 0.2) is 11.5 Å². The van der Waals surface area contributed by atoms with Gasteiger partial charge in [-0.3, -0.25) is 14.9 Å². The topological polar surface area (TPSA) is 99.9 Å². The Hall–Kier alpha value is -3.29. The Balaban J connectivity index is 2.45. The number of hydrogen-bond donors (Lipinski definition) is 1. The summed E-state index contributed by atoms with van der Waals surface area (Å²) in [5, 5.41) is 14.2. The van der Waals surface area contributed by atoms with Gasteiger partial charge in [-0.1, -0.05) is 25.5 Å². The molecule has 2 aromatic carbocycles. The van der Waals surface area contributed by atoms with Gasteiger partial charge in [0.2, 0.25) is 0 Å². The molecule has 29 heavy (non-hydrogen) atoms. The van der Waals surface area contributed by atoms with Crippen molar-refractivity contribution >= 4 is 17.3 Å². The van der Waals surface area contributed by atoms with Crippen molar-refractivity contribution in [3.63, 3.8) is 0 Å². The highest BCUT2D eigenvalue weighted by atomic mass is 16.6. The summed E-state index contributed by atoms with van der Waals surface area (Å²) in [5.74, 6) is 0.481. The van der Waals surface area contributed by atoms with Gasteiger partial charge in [-0.25, -0.2) is 0 Å². The predicted molar refractivity (Wildman–Crippen MR) is 110 cm³/mol. The van der Waals surface area contributed by atoms with Crippen molar-refractivity contribution in [2.75, 3.05) is 25.6 Å². The molecule has 0 atom stereocenters. The Bertz CT molecular complexity index is 882. The molecule has 0 bridgehead atoms. The second kappa shape index (κ2) is 10.3. The van der Waals surface area contributed by atoms with E-state index in [1.54, 1.807) is 12.1 Å². The number of rotatable bonds is 10. The molecule has 0 aliphatic heterocycles. The molecule has 0 unspecified atom stereocenters. The molecule has 0 spiro atoms. The SMILES string of the molecule is CCCOc1cc(NC(=O)c2cc(C)ccc2OC)c([N+](=O)[O-])cc1OCCC. The normalized spacial score (nSPS) is 10.3. The van der Waals surface area contributed by atoms with Gasteiger partial charge < -0.3 is 19.5 Å². The third-order valence-electron chi connectivity index (χ3n) is 4.03. The minimum Gasteiger partial charge on any atom is -0.496 e. The Kier molecular flexibility index (Phi) is 7.82. The van der Waals surface area contributed by atoms with Crippen LogP contribution in [0.3, 0.4) is 0 Å². The molecule has 2 rings (SSSR count). The predicted octanol–water partition coefficient (Wildman–Crippen LogP) is 4.74. The van der Waals surface area contributed by atoms with Crippen LogP contribution in [0.4, 0.5) is 11.4 Å². The molecular formula is C21H26N2O6. The molecular weight excluding hydrogens is 376 g/mol. The van der Waals surface area contributed by atoms with Crippen molar-refractivity contribution in [1.82, 2.24) is 0 Å². The molecule has 0 saturated carbocycles. The molecule has 0 aliphatic rings. The van der Waals surface area contributed by atoms with Crippen molar-refractivity contribution in [1.29, 1.82) is 0 Å². The van der Waals surface area contributed by atoms with Gasteiger partial charge in [0.1, 0.15) is 11.4 Å². The molecule has 1 amide bonds. The average Bonchev–Trinajstić information content (AvgIpc) is 2.70. The van der Waals surface area contributed by atoms with E-state index < -0.39 is 10.8 Å². The first-order valence-electron chi connectivity index (χ1n) is 9.45. The summed E-state index contributed by atoms with van der Waals surface area (Å²) in [5.41, 5.74) is 0.892. The van der Waals surface area contributed by atoms with Gasteiger partial charge in [0.05, 0.1) is 36.9 Å². The maximum absolute atomic E-state index is 12.8. The van der Waals surface area contributed by atoms with E-state index in [9.17, 15) is 14.9 Å². The van der Waals surface area contributed by atoms with Crippen LogP contribution in [0, 0.1) is 17.0 Å². The fraction of sp³-hybridized carbons (Fsp3) is 0.381. The smallest absolute Gasteiger partial charge is 0.296 e. The molecule has 0 heterocycles. The number of nitro benzene ring substituents is 1. The number of nitro groups is 1. The Morgan fingerprint density at radius 1 is 1.03 bits per heavy atom. The van der Waals surface area contributed by atoms with E-state index in [2.05, 4.69) is 5.32 Å². The van der Waals surface area contributed by atoms with Gasteiger partial charge in [-0.15, -0.1) is 0 Å². The molecule has 8 nitrogen and oxygen atoms in total. The van der Waals surface area contributed by atoms with Crippen LogP contribution in [0.1, 0.15) is 42.6 Å². The van der Waals surface area contributed by atoms with Crippen LogP contribution in [-0.2, 0) is 0 Å². The maximum atomic E-state index is 12.8. The van der Waals surface area contributed by atoms with Gasteiger partial charge in [-0.05, 0) is 31.9 Å². The minimum absolute atomic E-state index is 0.0264. The summed E-state index contributed by atoms with van der Waals surface area (Å²) >= 11 is 0. The van der Waals surface area contributed by atoms with E-state index >= 15 is 0 Å². The van der Waals surface area contributed by atoms with Crippen molar-refractivity contribution in [3.8, 4) is 17.2 Å². The molecule has 0 aromatic heterocycles. The number of aryl methyl sites for hydroxylation is 1. The lowest BCUT2D eigenvalue weighted by Gasteiger charge is -2.15. The molecule has 0 saturated heterocycles. The third-order valence-corrected chi connectivity index (χ3v) is 4.03. The fourth-order valence-corrected chi connectivity index (χ4v) is 2.64. The molecule has 0 radical (unpaired) electrons. The third kappa shape index (κ3) is 5.60. The summed E-state index contributed by atoms with van der Waals surface area (Å²) in [7, 11) is 1.46. The highest BCUT2D eigenvalue weighted by molar-refractivity contribution is 6.07. The van der Waals surface area contributed by atoms with Crippen LogP contribution in [-0.4, -0.2) is 31.2 Å². The van der Waals surface area contributed by atoms with Crippen LogP contribution < -0.4 is 19.5 Å². The van der Waals surface area contributed by atoms with E-state index in [0.29, 0.717) is 24.7 Å². The Labute approximate surface area is 169 Å². The highest BCUT2D eigenvalue weighted by Crippen LogP contribution is 2.38. The first-order chi connectivity index (χ1) is 13.9. The van der Waals surface area contributed by atoms with E-state index in [-0.39, 0.29) is 22.7 Å². The first-order valence-corrected chi connectivity index (χ1v) is 9.45. The number of anilines is 1. The van der Waals surface area contributed by atoms with Crippen molar-refractivity contribution in [2.24, 2.45) is 0 Å². The maximum Gasteiger partial charge on any atom is 0.296 e. The molecule has 156 valence electrons. The van der Waals surface area contributed by atoms with Crippen molar-refractivity contribution in [2.45, 2.75) is 33.6 Å². The van der Waals surface area contributed by atoms with Gasteiger partial charge in [-0.2, -0.15) is 0 Å². The zero-order valence-electron chi connectivity index (χ0n) is 17.1. The number of carbonyl (C=O) groups excluding carboxylic acids is 1. The summed E-state index contributed by atoms with van der Waals surface area (Å²) in [4.78, 5) is 23.9. The second-order valence-corrected chi connectivity index (χ2v) is 6.43. The van der Waals surface area contributed by atoms with Crippen molar-refractivity contribution in [3.05, 3.63) is 51.6 Å². The van der Waals surface area contributed by atoms with E-state index in [1.807, 2.05) is 26.8 Å². The number of nitrogens with zero attached hydrogens (tertiary/aromatic N) is 1. The number of nitrogens with one attached hydrogen (secondary N) is 1. The molecule has 0 fully saturated rings. The molecule has 2 aromatic rings. The van der Waals surface area contributed by atoms with Crippen LogP contribution in [0.5, 0.6) is 17.2 Å². The summed E-state index contributed by atoms with van der Waals surface area (Å²) in [6.45, 7) is 6.54. The quantitative estimate of drug-likeness (QED) is 0.455. The lowest BCUT2D eigenvalue weighted by Crippen LogP contribution is -2.15. The number of amides is 1. The number of ether oxygens (including phenoxy) is 3. The largest absolute Gasteiger partial charge is 0.496 e. The average molecular weight is 402 g/mol. The number of carbonyl (C=O) groups is 1. The monoisotopic (exact) mass is 402 g/mol. The lowest BCUT2D eigenvalue weighted by atomic mass is 10.1. The minimum atomic E-state index is -0.564. The fourth-order valence-electron chi connectivity index (χ4n) is 2.64. The number of hydrogen-bond acceptors (Lipinski definition) is 6. The Morgan fingerprint density at radius 3 is 2.21 bits per heavy atom. The van der Waals surface area contributed by atoms with Crippen molar-refractivity contribution < 1.29 is 23.9 Å². The number of benzene rings is 2. The summed E-state index contributed by atoms with van der Waals surface area (Å²) < 4.78 is 16.5. The second-order valence-electron chi connectivity index (χ2n) is 6.43. The lowest BCUT2D eigenvalue weighted by molar-refractivity contribution is -0.384. The van der Waals surface area contributed by atoms with Crippen LogP contribution in [0.15, 0.2) is 30.3 Å². The highest BCUT2D eigenvalue weighted by Gasteiger charge is 2.23. The number of methoxy groups -OCH3 is 1. The van der Waals surface area contributed by atoms with Crippen LogP contribution in [0.2, 0.25) is 0 Å². The molecule has 1 N–H and O–H groups in total. The summed E-state index contributed by atoms with van der Waals surface area (Å²) in [6, 6.07) is 7.86. The van der Waals surface area contributed by atoms with Gasteiger partial charge in [0.25, 0.3) is 11.6 Å². The summed E-state index contributed by atoms with van der Waals surface area (Å²) in [6.07, 6.45) is 1.50. The zero-order valence-corrected chi connectivity index (χ0v) is 17.1. The van der Waals surface area contributed by atoms with Gasteiger partial charge >= 0.3 is 0 Å². The van der Waals surface area contributed by atoms with E-state index in [0.717, 1.165) is 18.4 Å². The Morgan fingerprint density at radius 2 is 1.66 bits per heavy atom. The first kappa shape index (κ1) is 22.0. The van der Waals surface area contributed by atoms with Gasteiger partial charge in [0, 0.05) is 6.07 Å². The van der Waals surface area contributed by atoms with E-state index in [4.69, 9.17) is 14.2 Å². The van der Waals surface area contributed by atoms with E-state index in [1.165, 1.54) is 19.2 Å². The molecule has 0 aliphatic carbocycles.